The van der Waals surface area contributed by atoms with Crippen LogP contribution in [-0.2, 0) is 6.42 Å². The van der Waals surface area contributed by atoms with Gasteiger partial charge in [-0.15, -0.1) is 10.2 Å². The summed E-state index contributed by atoms with van der Waals surface area (Å²) in [4.78, 5) is 15.8. The Balaban J connectivity index is 2.08. The summed E-state index contributed by atoms with van der Waals surface area (Å²) in [5, 5.41) is 11.9. The van der Waals surface area contributed by atoms with Crippen LogP contribution < -0.4 is 5.32 Å². The van der Waals surface area contributed by atoms with Crippen LogP contribution in [0.25, 0.3) is 0 Å². The molecule has 2 aromatic heterocycles. The molecular formula is C10H9BrN4OS. The maximum absolute atomic E-state index is 11.8. The van der Waals surface area contributed by atoms with Gasteiger partial charge in [0.05, 0.1) is 5.56 Å². The van der Waals surface area contributed by atoms with Gasteiger partial charge in [0, 0.05) is 6.20 Å². The molecule has 1 N–H and O–H groups in total. The normalized spacial score (nSPS) is 10.2. The molecule has 7 heteroatoms. The molecule has 0 aliphatic rings. The highest BCUT2D eigenvalue weighted by molar-refractivity contribution is 9.10. The predicted molar refractivity (Wildman–Crippen MR) is 69.2 cm³/mol. The minimum Gasteiger partial charge on any atom is -0.296 e. The van der Waals surface area contributed by atoms with Crippen molar-refractivity contribution in [3.8, 4) is 0 Å². The van der Waals surface area contributed by atoms with Crippen molar-refractivity contribution in [1.82, 2.24) is 15.2 Å². The number of nitrogens with one attached hydrogen (secondary N) is 1. The average molecular weight is 313 g/mol. The first-order valence-electron chi connectivity index (χ1n) is 4.94. The standard InChI is InChI=1S/C10H9BrN4OS/c1-2-8-14-15-10(17-8)13-9(16)6-3-4-7(11)12-5-6/h3-5H,2H2,1H3,(H,13,15,16). The highest BCUT2D eigenvalue weighted by Gasteiger charge is 2.09. The van der Waals surface area contributed by atoms with Crippen LogP contribution in [0.2, 0.25) is 0 Å². The first-order chi connectivity index (χ1) is 8.19. The second-order valence-corrected chi connectivity index (χ2v) is 5.05. The lowest BCUT2D eigenvalue weighted by atomic mass is 10.3. The Labute approximate surface area is 110 Å². The van der Waals surface area contributed by atoms with Crippen LogP contribution in [-0.4, -0.2) is 21.1 Å². The van der Waals surface area contributed by atoms with Crippen LogP contribution in [0.15, 0.2) is 22.9 Å². The van der Waals surface area contributed by atoms with Gasteiger partial charge in [0.15, 0.2) is 0 Å². The summed E-state index contributed by atoms with van der Waals surface area (Å²) in [7, 11) is 0. The van der Waals surface area contributed by atoms with E-state index in [1.807, 2.05) is 6.92 Å². The fraction of sp³-hybridized carbons (Fsp3) is 0.200. The average Bonchev–Trinajstić information content (AvgIpc) is 2.77. The topological polar surface area (TPSA) is 67.8 Å². The van der Waals surface area contributed by atoms with E-state index < -0.39 is 0 Å². The second-order valence-electron chi connectivity index (χ2n) is 3.18. The maximum Gasteiger partial charge on any atom is 0.259 e. The number of carbonyl (C=O) groups is 1. The number of hydrogen-bond donors (Lipinski definition) is 1. The maximum atomic E-state index is 11.8. The van der Waals surface area contributed by atoms with Crippen LogP contribution >= 0.6 is 27.3 Å². The second kappa shape index (κ2) is 5.33. The van der Waals surface area contributed by atoms with Crippen molar-refractivity contribution in [2.45, 2.75) is 13.3 Å². The molecule has 0 aliphatic heterocycles. The summed E-state index contributed by atoms with van der Waals surface area (Å²) in [5.41, 5.74) is 0.487. The minimum absolute atomic E-state index is 0.233. The largest absolute Gasteiger partial charge is 0.296 e. The van der Waals surface area contributed by atoms with E-state index in [0.29, 0.717) is 15.3 Å². The minimum atomic E-state index is -0.233. The first kappa shape index (κ1) is 12.1. The molecule has 2 heterocycles. The smallest absolute Gasteiger partial charge is 0.259 e. The summed E-state index contributed by atoms with van der Waals surface area (Å²) < 4.78 is 0.693. The van der Waals surface area contributed by atoms with Crippen LogP contribution in [0.3, 0.4) is 0 Å². The third-order valence-electron chi connectivity index (χ3n) is 1.98. The number of anilines is 1. The van der Waals surface area contributed by atoms with Crippen LogP contribution in [0.5, 0.6) is 0 Å². The van der Waals surface area contributed by atoms with Crippen LogP contribution in [0.4, 0.5) is 5.13 Å². The number of nitrogens with zero attached hydrogens (tertiary/aromatic N) is 3. The van der Waals surface area contributed by atoms with Gasteiger partial charge in [0.2, 0.25) is 5.13 Å². The van der Waals surface area contributed by atoms with Gasteiger partial charge >= 0.3 is 0 Å². The van der Waals surface area contributed by atoms with Crippen molar-refractivity contribution < 1.29 is 4.79 Å². The molecule has 0 saturated carbocycles. The molecule has 1 amide bonds. The van der Waals surface area contributed by atoms with E-state index in [4.69, 9.17) is 0 Å². The summed E-state index contributed by atoms with van der Waals surface area (Å²) in [6, 6.07) is 3.40. The van der Waals surface area contributed by atoms with Crippen molar-refractivity contribution in [2.24, 2.45) is 0 Å². The summed E-state index contributed by atoms with van der Waals surface area (Å²) in [5.74, 6) is -0.233. The molecule has 0 fully saturated rings. The molecule has 0 unspecified atom stereocenters. The molecule has 2 aromatic rings. The Hall–Kier alpha value is -1.34. The molecule has 5 nitrogen and oxygen atoms in total. The van der Waals surface area contributed by atoms with Gasteiger partial charge in [-0.2, -0.15) is 0 Å². The lowest BCUT2D eigenvalue weighted by Crippen LogP contribution is -2.11. The molecule has 0 aromatic carbocycles. The quantitative estimate of drug-likeness (QED) is 0.884. The van der Waals surface area contributed by atoms with Gasteiger partial charge in [-0.3, -0.25) is 10.1 Å². The Bertz CT molecular complexity index is 525. The zero-order valence-electron chi connectivity index (χ0n) is 8.98. The Morgan fingerprint density at radius 1 is 1.47 bits per heavy atom. The van der Waals surface area contributed by atoms with Gasteiger partial charge in [-0.1, -0.05) is 18.3 Å². The third kappa shape index (κ3) is 3.07. The third-order valence-corrected chi connectivity index (χ3v) is 3.43. The molecule has 0 atom stereocenters. The van der Waals surface area contributed by atoms with E-state index in [9.17, 15) is 4.79 Å². The summed E-state index contributed by atoms with van der Waals surface area (Å²) in [6.45, 7) is 1.99. The van der Waals surface area contributed by atoms with Crippen molar-refractivity contribution in [2.75, 3.05) is 5.32 Å². The van der Waals surface area contributed by atoms with E-state index in [0.717, 1.165) is 11.4 Å². The molecular weight excluding hydrogens is 304 g/mol. The van der Waals surface area contributed by atoms with Crippen molar-refractivity contribution in [1.29, 1.82) is 0 Å². The fourth-order valence-corrected chi connectivity index (χ4v) is 2.04. The number of aryl methyl sites for hydroxylation is 1. The monoisotopic (exact) mass is 312 g/mol. The Morgan fingerprint density at radius 3 is 2.88 bits per heavy atom. The van der Waals surface area contributed by atoms with Crippen LogP contribution in [0.1, 0.15) is 22.3 Å². The molecule has 0 bridgehead atoms. The van der Waals surface area contributed by atoms with Crippen molar-refractivity contribution >= 4 is 38.3 Å². The molecule has 0 saturated heterocycles. The van der Waals surface area contributed by atoms with E-state index in [1.165, 1.54) is 17.5 Å². The number of hydrogen-bond acceptors (Lipinski definition) is 5. The number of rotatable bonds is 3. The number of pyridine rings is 1. The van der Waals surface area contributed by atoms with Gasteiger partial charge in [-0.25, -0.2) is 4.98 Å². The van der Waals surface area contributed by atoms with Crippen molar-refractivity contribution in [3.05, 3.63) is 33.5 Å². The zero-order chi connectivity index (χ0) is 12.3. The Morgan fingerprint density at radius 2 is 2.29 bits per heavy atom. The summed E-state index contributed by atoms with van der Waals surface area (Å²) in [6.07, 6.45) is 2.31. The molecule has 0 radical (unpaired) electrons. The molecule has 2 rings (SSSR count). The highest BCUT2D eigenvalue weighted by Crippen LogP contribution is 2.16. The molecule has 17 heavy (non-hydrogen) atoms. The summed E-state index contributed by atoms with van der Waals surface area (Å²) >= 11 is 4.59. The van der Waals surface area contributed by atoms with Crippen molar-refractivity contribution in [3.63, 3.8) is 0 Å². The Kier molecular flexibility index (Phi) is 3.80. The number of carbonyl (C=O) groups excluding carboxylic acids is 1. The van der Waals surface area contributed by atoms with E-state index >= 15 is 0 Å². The van der Waals surface area contributed by atoms with Gasteiger partial charge in [0.1, 0.15) is 9.61 Å². The number of aromatic nitrogens is 3. The van der Waals surface area contributed by atoms with E-state index in [2.05, 4.69) is 36.4 Å². The number of amides is 1. The van der Waals surface area contributed by atoms with E-state index in [-0.39, 0.29) is 5.91 Å². The SMILES string of the molecule is CCc1nnc(NC(=O)c2ccc(Br)nc2)s1. The fourth-order valence-electron chi connectivity index (χ4n) is 1.13. The van der Waals surface area contributed by atoms with Gasteiger partial charge in [0.25, 0.3) is 5.91 Å². The lowest BCUT2D eigenvalue weighted by Gasteiger charge is -2.00. The highest BCUT2D eigenvalue weighted by atomic mass is 79.9. The first-order valence-corrected chi connectivity index (χ1v) is 6.55. The zero-order valence-corrected chi connectivity index (χ0v) is 11.4. The molecule has 0 aliphatic carbocycles. The van der Waals surface area contributed by atoms with E-state index in [1.54, 1.807) is 12.1 Å². The number of halogens is 1. The van der Waals surface area contributed by atoms with Gasteiger partial charge in [-0.05, 0) is 34.5 Å². The molecule has 0 spiro atoms. The molecule has 88 valence electrons. The lowest BCUT2D eigenvalue weighted by molar-refractivity contribution is 0.102. The van der Waals surface area contributed by atoms with Gasteiger partial charge < -0.3 is 0 Å². The predicted octanol–water partition coefficient (Wildman–Crippen LogP) is 2.51. The van der Waals surface area contributed by atoms with Crippen LogP contribution in [0, 0.1) is 0 Å².